The summed E-state index contributed by atoms with van der Waals surface area (Å²) in [5.74, 6) is -1.42. The standard InChI is InChI=1S/C18H17ClN2O6/c1-25-15-7-6-11(8-13(15)19)21-17(23)10-27-18(24)12-4-2-3-5-14(12)26-9-16(20)22/h2-8H,9-10H2,1H3,(H2,20,22)(H,21,23). The van der Waals surface area contributed by atoms with Crippen molar-refractivity contribution in [3.05, 3.63) is 53.1 Å². The van der Waals surface area contributed by atoms with Crippen molar-refractivity contribution in [3.8, 4) is 11.5 Å². The molecule has 0 atom stereocenters. The minimum absolute atomic E-state index is 0.0686. The van der Waals surface area contributed by atoms with Gasteiger partial charge < -0.3 is 25.3 Å². The molecule has 0 aliphatic rings. The first-order valence-electron chi connectivity index (χ1n) is 7.71. The number of amides is 2. The van der Waals surface area contributed by atoms with Gasteiger partial charge in [0.25, 0.3) is 11.8 Å². The molecule has 0 radical (unpaired) electrons. The molecule has 3 N–H and O–H groups in total. The maximum absolute atomic E-state index is 12.2. The minimum atomic E-state index is -0.780. The van der Waals surface area contributed by atoms with E-state index < -0.39 is 24.4 Å². The first kappa shape index (κ1) is 20.1. The number of hydrogen-bond acceptors (Lipinski definition) is 6. The van der Waals surface area contributed by atoms with Crippen LogP contribution in [0.2, 0.25) is 5.02 Å². The van der Waals surface area contributed by atoms with Gasteiger partial charge in [-0.1, -0.05) is 23.7 Å². The number of methoxy groups -OCH3 is 1. The normalized spacial score (nSPS) is 10.0. The molecule has 0 aliphatic carbocycles. The van der Waals surface area contributed by atoms with Gasteiger partial charge in [0.15, 0.2) is 13.2 Å². The molecular weight excluding hydrogens is 376 g/mol. The summed E-state index contributed by atoms with van der Waals surface area (Å²) in [6, 6.07) is 10.8. The van der Waals surface area contributed by atoms with Crippen LogP contribution in [-0.4, -0.2) is 38.1 Å². The van der Waals surface area contributed by atoms with Crippen LogP contribution in [-0.2, 0) is 14.3 Å². The number of nitrogens with one attached hydrogen (secondary N) is 1. The van der Waals surface area contributed by atoms with Crippen LogP contribution < -0.4 is 20.5 Å². The van der Waals surface area contributed by atoms with Gasteiger partial charge in [0.1, 0.15) is 17.1 Å². The lowest BCUT2D eigenvalue weighted by atomic mass is 10.2. The quantitative estimate of drug-likeness (QED) is 0.663. The molecule has 8 nitrogen and oxygen atoms in total. The summed E-state index contributed by atoms with van der Waals surface area (Å²) in [6.45, 7) is -0.907. The van der Waals surface area contributed by atoms with Gasteiger partial charge in [-0.3, -0.25) is 9.59 Å². The first-order chi connectivity index (χ1) is 12.9. The summed E-state index contributed by atoms with van der Waals surface area (Å²) < 4.78 is 15.2. The molecule has 0 aromatic heterocycles. The molecule has 2 aromatic carbocycles. The molecule has 0 saturated carbocycles. The van der Waals surface area contributed by atoms with Gasteiger partial charge in [-0.05, 0) is 30.3 Å². The monoisotopic (exact) mass is 392 g/mol. The van der Waals surface area contributed by atoms with Crippen LogP contribution in [0.1, 0.15) is 10.4 Å². The first-order valence-corrected chi connectivity index (χ1v) is 8.09. The summed E-state index contributed by atoms with van der Waals surface area (Å²) in [5, 5.41) is 2.87. The maximum atomic E-state index is 12.2. The van der Waals surface area contributed by atoms with Crippen LogP contribution in [0.25, 0.3) is 0 Å². The molecule has 142 valence electrons. The van der Waals surface area contributed by atoms with Gasteiger partial charge in [-0.15, -0.1) is 0 Å². The Bertz CT molecular complexity index is 855. The fourth-order valence-corrected chi connectivity index (χ4v) is 2.32. The van der Waals surface area contributed by atoms with Crippen molar-refractivity contribution in [3.63, 3.8) is 0 Å². The van der Waals surface area contributed by atoms with Crippen molar-refractivity contribution in [2.45, 2.75) is 0 Å². The molecule has 0 heterocycles. The number of anilines is 1. The van der Waals surface area contributed by atoms with Crippen molar-refractivity contribution >= 4 is 35.1 Å². The number of primary amides is 1. The van der Waals surface area contributed by atoms with E-state index in [1.807, 2.05) is 0 Å². The number of benzene rings is 2. The highest BCUT2D eigenvalue weighted by Crippen LogP contribution is 2.27. The van der Waals surface area contributed by atoms with Crippen LogP contribution in [0.3, 0.4) is 0 Å². The Morgan fingerprint density at radius 2 is 1.81 bits per heavy atom. The Morgan fingerprint density at radius 1 is 1.07 bits per heavy atom. The Balaban J connectivity index is 1.94. The number of carbonyl (C=O) groups is 3. The number of rotatable bonds is 8. The highest BCUT2D eigenvalue weighted by atomic mass is 35.5. The Kier molecular flexibility index (Phi) is 7.01. The lowest BCUT2D eigenvalue weighted by Crippen LogP contribution is -2.22. The molecule has 0 unspecified atom stereocenters. The smallest absolute Gasteiger partial charge is 0.342 e. The number of ether oxygens (including phenoxy) is 3. The number of halogens is 1. The Labute approximate surface area is 160 Å². The number of para-hydroxylation sites is 1. The Hall–Kier alpha value is -3.26. The van der Waals surface area contributed by atoms with Gasteiger partial charge in [0, 0.05) is 5.69 Å². The lowest BCUT2D eigenvalue weighted by molar-refractivity contribution is -0.120. The lowest BCUT2D eigenvalue weighted by Gasteiger charge is -2.11. The van der Waals surface area contributed by atoms with E-state index >= 15 is 0 Å². The van der Waals surface area contributed by atoms with Crippen molar-refractivity contribution < 1.29 is 28.6 Å². The highest BCUT2D eigenvalue weighted by Gasteiger charge is 2.16. The number of esters is 1. The summed E-state index contributed by atoms with van der Waals surface area (Å²) in [6.07, 6.45) is 0. The summed E-state index contributed by atoms with van der Waals surface area (Å²) in [7, 11) is 1.48. The van der Waals surface area contributed by atoms with E-state index in [2.05, 4.69) is 5.32 Å². The topological polar surface area (TPSA) is 117 Å². The van der Waals surface area contributed by atoms with Crippen molar-refractivity contribution in [2.75, 3.05) is 25.6 Å². The SMILES string of the molecule is COc1ccc(NC(=O)COC(=O)c2ccccc2OCC(N)=O)cc1Cl. The van der Waals surface area contributed by atoms with Crippen LogP contribution >= 0.6 is 11.6 Å². The molecule has 0 spiro atoms. The van der Waals surface area contributed by atoms with E-state index in [-0.39, 0.29) is 17.9 Å². The van der Waals surface area contributed by atoms with Crippen LogP contribution in [0.4, 0.5) is 5.69 Å². The van der Waals surface area contributed by atoms with E-state index in [0.29, 0.717) is 16.5 Å². The molecule has 2 rings (SSSR count). The predicted octanol–water partition coefficient (Wildman–Crippen LogP) is 2.01. The van der Waals surface area contributed by atoms with E-state index in [9.17, 15) is 14.4 Å². The molecule has 0 aliphatic heterocycles. The summed E-state index contributed by atoms with van der Waals surface area (Å²) >= 11 is 5.98. The van der Waals surface area contributed by atoms with Crippen LogP contribution in [0.15, 0.2) is 42.5 Å². The van der Waals surface area contributed by atoms with E-state index in [4.69, 9.17) is 31.5 Å². The average molecular weight is 393 g/mol. The molecule has 0 fully saturated rings. The zero-order valence-corrected chi connectivity index (χ0v) is 15.1. The second kappa shape index (κ2) is 9.44. The third kappa shape index (κ3) is 5.89. The molecule has 2 aromatic rings. The fraction of sp³-hybridized carbons (Fsp3) is 0.167. The van der Waals surface area contributed by atoms with Gasteiger partial charge in [0.05, 0.1) is 12.1 Å². The number of carbonyl (C=O) groups excluding carboxylic acids is 3. The largest absolute Gasteiger partial charge is 0.495 e. The van der Waals surface area contributed by atoms with Gasteiger partial charge in [-0.25, -0.2) is 4.79 Å². The number of hydrogen-bond donors (Lipinski definition) is 2. The average Bonchev–Trinajstić information content (AvgIpc) is 2.65. The zero-order valence-electron chi connectivity index (χ0n) is 14.4. The van der Waals surface area contributed by atoms with Gasteiger partial charge in [-0.2, -0.15) is 0 Å². The molecule has 0 saturated heterocycles. The molecule has 0 bridgehead atoms. The molecule has 2 amide bonds. The fourth-order valence-electron chi connectivity index (χ4n) is 2.06. The third-order valence-corrected chi connectivity index (χ3v) is 3.54. The summed E-state index contributed by atoms with van der Waals surface area (Å²) in [4.78, 5) is 34.9. The van der Waals surface area contributed by atoms with Crippen LogP contribution in [0.5, 0.6) is 11.5 Å². The number of nitrogens with two attached hydrogens (primary N) is 1. The zero-order chi connectivity index (χ0) is 19.8. The van der Waals surface area contributed by atoms with Crippen molar-refractivity contribution in [1.29, 1.82) is 0 Å². The van der Waals surface area contributed by atoms with E-state index in [1.165, 1.54) is 25.3 Å². The van der Waals surface area contributed by atoms with E-state index in [1.54, 1.807) is 24.3 Å². The minimum Gasteiger partial charge on any atom is -0.495 e. The molecule has 27 heavy (non-hydrogen) atoms. The molecular formula is C18H17ClN2O6. The Morgan fingerprint density at radius 3 is 2.48 bits per heavy atom. The van der Waals surface area contributed by atoms with Crippen molar-refractivity contribution in [1.82, 2.24) is 0 Å². The van der Waals surface area contributed by atoms with Gasteiger partial charge >= 0.3 is 5.97 Å². The van der Waals surface area contributed by atoms with Crippen LogP contribution in [0, 0.1) is 0 Å². The molecule has 9 heteroatoms. The van der Waals surface area contributed by atoms with E-state index in [0.717, 1.165) is 0 Å². The van der Waals surface area contributed by atoms with Gasteiger partial charge in [0.2, 0.25) is 0 Å². The third-order valence-electron chi connectivity index (χ3n) is 3.25. The van der Waals surface area contributed by atoms with Crippen molar-refractivity contribution in [2.24, 2.45) is 5.73 Å². The second-order valence-electron chi connectivity index (χ2n) is 5.22. The predicted molar refractivity (Wildman–Crippen MR) is 98.0 cm³/mol. The second-order valence-corrected chi connectivity index (χ2v) is 5.63. The summed E-state index contributed by atoms with van der Waals surface area (Å²) in [5.41, 5.74) is 5.51. The maximum Gasteiger partial charge on any atom is 0.342 e. The highest BCUT2D eigenvalue weighted by molar-refractivity contribution is 6.32.